The van der Waals surface area contributed by atoms with Crippen molar-refractivity contribution in [3.8, 4) is 0 Å². The zero-order chi connectivity index (χ0) is 22.8. The van der Waals surface area contributed by atoms with Crippen LogP contribution in [0.25, 0.3) is 0 Å². The number of aliphatic hydroxyl groups is 5. The van der Waals surface area contributed by atoms with Gasteiger partial charge in [0, 0.05) is 13.3 Å². The quantitative estimate of drug-likeness (QED) is 0.171. The van der Waals surface area contributed by atoms with Gasteiger partial charge >= 0.3 is 14.8 Å². The Morgan fingerprint density at radius 1 is 1.34 bits per heavy atom. The standard InChI is InChI=1S/C13H21F3NO11P/c1-5(19)17-12(10(23)13(14,15)16)7(21)2-11(24,4-27-29(25)26)28-9(12)8(22)6(20)3-18/h6-9,18,20-22,24-26H,2-4H2,1H3,(H,17,19)/t6-,7+,8-,9+,11+,12-/m1/s1. The molecular weight excluding hydrogens is 434 g/mol. The van der Waals surface area contributed by atoms with Crippen molar-refractivity contribution in [1.29, 1.82) is 0 Å². The average molecular weight is 455 g/mol. The van der Waals surface area contributed by atoms with Crippen molar-refractivity contribution >= 4 is 20.3 Å². The van der Waals surface area contributed by atoms with Gasteiger partial charge in [-0.3, -0.25) is 9.59 Å². The number of ketones is 1. The fourth-order valence-corrected chi connectivity index (χ4v) is 3.27. The molecule has 0 bridgehead atoms. The molecule has 1 rings (SSSR count). The number of hydrogen-bond donors (Lipinski definition) is 8. The number of nitrogens with one attached hydrogen (secondary N) is 1. The molecule has 8 N–H and O–H groups in total. The highest BCUT2D eigenvalue weighted by Crippen LogP contribution is 2.42. The van der Waals surface area contributed by atoms with Gasteiger partial charge in [-0.15, -0.1) is 0 Å². The predicted molar refractivity (Wildman–Crippen MR) is 84.5 cm³/mol. The largest absolute Gasteiger partial charge is 0.452 e. The second kappa shape index (κ2) is 9.43. The lowest BCUT2D eigenvalue weighted by atomic mass is 9.73. The third-order valence-corrected chi connectivity index (χ3v) is 4.51. The molecule has 29 heavy (non-hydrogen) atoms. The molecule has 1 heterocycles. The van der Waals surface area contributed by atoms with E-state index in [-0.39, 0.29) is 0 Å². The van der Waals surface area contributed by atoms with E-state index in [2.05, 4.69) is 4.52 Å². The molecule has 0 aromatic rings. The van der Waals surface area contributed by atoms with Crippen LogP contribution < -0.4 is 5.32 Å². The number of aliphatic hydroxyl groups excluding tert-OH is 4. The lowest BCUT2D eigenvalue weighted by molar-refractivity contribution is -0.325. The molecule has 0 spiro atoms. The lowest BCUT2D eigenvalue weighted by Crippen LogP contribution is -2.79. The second-order valence-corrected chi connectivity index (χ2v) is 7.11. The molecule has 16 heteroatoms. The van der Waals surface area contributed by atoms with Gasteiger partial charge in [0.05, 0.1) is 12.7 Å². The highest BCUT2D eigenvalue weighted by molar-refractivity contribution is 7.39. The first-order valence-corrected chi connectivity index (χ1v) is 9.03. The summed E-state index contributed by atoms with van der Waals surface area (Å²) < 4.78 is 49.0. The summed E-state index contributed by atoms with van der Waals surface area (Å²) in [5, 5.41) is 51.1. The van der Waals surface area contributed by atoms with Gasteiger partial charge in [0.25, 0.3) is 5.78 Å². The van der Waals surface area contributed by atoms with Gasteiger partial charge in [-0.25, -0.2) is 0 Å². The molecule has 0 aromatic heterocycles. The third kappa shape index (κ3) is 5.79. The Morgan fingerprint density at radius 2 is 1.90 bits per heavy atom. The van der Waals surface area contributed by atoms with Crippen molar-refractivity contribution in [3.63, 3.8) is 0 Å². The van der Waals surface area contributed by atoms with Gasteiger partial charge in [0.15, 0.2) is 11.3 Å². The Hall–Kier alpha value is -1.00. The first-order chi connectivity index (χ1) is 13.1. The first kappa shape index (κ1) is 26.0. The Balaban J connectivity index is 3.56. The van der Waals surface area contributed by atoms with Gasteiger partial charge in [0.2, 0.25) is 5.91 Å². The summed E-state index contributed by atoms with van der Waals surface area (Å²) in [5.74, 6) is -6.81. The number of halogens is 3. The molecule has 0 aliphatic carbocycles. The number of ether oxygens (including phenoxy) is 1. The van der Waals surface area contributed by atoms with E-state index in [1.165, 1.54) is 0 Å². The second-order valence-electron chi connectivity index (χ2n) is 6.35. The summed E-state index contributed by atoms with van der Waals surface area (Å²) in [4.78, 5) is 41.2. The Morgan fingerprint density at radius 3 is 2.31 bits per heavy atom. The van der Waals surface area contributed by atoms with Gasteiger partial charge in [-0.05, 0) is 0 Å². The zero-order valence-electron chi connectivity index (χ0n) is 14.8. The monoisotopic (exact) mass is 455 g/mol. The van der Waals surface area contributed by atoms with E-state index in [1.807, 2.05) is 0 Å². The lowest BCUT2D eigenvalue weighted by Gasteiger charge is -2.52. The Bertz CT molecular complexity index is 609. The summed E-state index contributed by atoms with van der Waals surface area (Å²) in [7, 11) is -3.08. The van der Waals surface area contributed by atoms with Crippen LogP contribution >= 0.6 is 8.60 Å². The molecule has 1 aliphatic rings. The molecule has 0 saturated carbocycles. The van der Waals surface area contributed by atoms with Crippen LogP contribution in [-0.2, 0) is 18.8 Å². The number of rotatable bonds is 8. The molecule has 0 unspecified atom stereocenters. The number of carbonyl (C=O) groups is 2. The maximum Gasteiger partial charge on any atom is 0.452 e. The van der Waals surface area contributed by atoms with Crippen molar-refractivity contribution < 1.29 is 67.3 Å². The SMILES string of the molecule is CC(=O)N[C@]1(C(=O)C(F)(F)F)[C@@H](O)C[C@@](O)(COP(O)O)O[C@H]1[C@H](O)[C@H](O)CO. The number of Topliss-reactive ketones (excluding diaryl/α,β-unsaturated/α-hetero) is 1. The van der Waals surface area contributed by atoms with E-state index < -0.39 is 81.8 Å². The fourth-order valence-electron chi connectivity index (χ4n) is 2.95. The molecule has 1 fully saturated rings. The van der Waals surface area contributed by atoms with E-state index in [4.69, 9.17) is 19.6 Å². The van der Waals surface area contributed by atoms with Crippen molar-refractivity contribution in [3.05, 3.63) is 0 Å². The van der Waals surface area contributed by atoms with Gasteiger partial charge < -0.3 is 49.9 Å². The Labute approximate surface area is 162 Å². The minimum atomic E-state index is -5.68. The molecule has 1 aliphatic heterocycles. The van der Waals surface area contributed by atoms with Crippen LogP contribution in [0.2, 0.25) is 0 Å². The molecule has 170 valence electrons. The van der Waals surface area contributed by atoms with Crippen molar-refractivity contribution in [2.45, 2.75) is 55.3 Å². The Kier molecular flexibility index (Phi) is 8.46. The van der Waals surface area contributed by atoms with E-state index in [9.17, 15) is 43.2 Å². The minimum absolute atomic E-state index is 0.693. The molecule has 0 radical (unpaired) electrons. The topological polar surface area (TPSA) is 206 Å². The van der Waals surface area contributed by atoms with Crippen LogP contribution in [0.1, 0.15) is 13.3 Å². The van der Waals surface area contributed by atoms with Crippen LogP contribution in [0.15, 0.2) is 0 Å². The summed E-state index contributed by atoms with van der Waals surface area (Å²) in [6.07, 6.45) is -16.9. The van der Waals surface area contributed by atoms with Crippen LogP contribution in [0, 0.1) is 0 Å². The number of amides is 1. The van der Waals surface area contributed by atoms with Crippen LogP contribution in [0.4, 0.5) is 13.2 Å². The maximum absolute atomic E-state index is 13.3. The van der Waals surface area contributed by atoms with Crippen LogP contribution in [0.5, 0.6) is 0 Å². The predicted octanol–water partition coefficient (Wildman–Crippen LogP) is -3.23. The van der Waals surface area contributed by atoms with Crippen molar-refractivity contribution in [1.82, 2.24) is 5.32 Å². The number of hydrogen-bond acceptors (Lipinski definition) is 11. The van der Waals surface area contributed by atoms with Gasteiger partial charge in [-0.1, -0.05) is 0 Å². The normalized spacial score (nSPS) is 32.7. The first-order valence-electron chi connectivity index (χ1n) is 7.87. The van der Waals surface area contributed by atoms with Crippen molar-refractivity contribution in [2.24, 2.45) is 0 Å². The van der Waals surface area contributed by atoms with E-state index in [1.54, 1.807) is 5.32 Å². The summed E-state index contributed by atoms with van der Waals surface area (Å²) in [6.45, 7) is -1.68. The van der Waals surface area contributed by atoms with E-state index in [0.29, 0.717) is 6.92 Å². The molecule has 0 aromatic carbocycles. The molecule has 1 saturated heterocycles. The minimum Gasteiger partial charge on any atom is -0.394 e. The van der Waals surface area contributed by atoms with Gasteiger partial charge in [-0.2, -0.15) is 13.2 Å². The van der Waals surface area contributed by atoms with Crippen molar-refractivity contribution in [2.75, 3.05) is 13.2 Å². The zero-order valence-corrected chi connectivity index (χ0v) is 15.7. The highest BCUT2D eigenvalue weighted by Gasteiger charge is 2.68. The molecule has 12 nitrogen and oxygen atoms in total. The summed E-state index contributed by atoms with van der Waals surface area (Å²) in [6, 6.07) is 0. The van der Waals surface area contributed by atoms with E-state index in [0.717, 1.165) is 0 Å². The smallest absolute Gasteiger partial charge is 0.394 e. The average Bonchev–Trinajstić information content (AvgIpc) is 2.59. The highest BCUT2D eigenvalue weighted by atomic mass is 31.2. The fraction of sp³-hybridized carbons (Fsp3) is 0.846. The number of alkyl halides is 3. The van der Waals surface area contributed by atoms with E-state index >= 15 is 0 Å². The third-order valence-electron chi connectivity index (χ3n) is 4.15. The van der Waals surface area contributed by atoms with Gasteiger partial charge in [0.1, 0.15) is 24.9 Å². The van der Waals surface area contributed by atoms with Crippen LogP contribution in [-0.4, -0.2) is 102 Å². The van der Waals surface area contributed by atoms with Crippen LogP contribution in [0.3, 0.4) is 0 Å². The molecule has 6 atom stereocenters. The maximum atomic E-state index is 13.3. The number of carbonyl (C=O) groups excluding carboxylic acids is 2. The summed E-state index contributed by atoms with van der Waals surface area (Å²) >= 11 is 0. The molecule has 1 amide bonds. The molecular formula is C13H21F3NO11P. The summed E-state index contributed by atoms with van der Waals surface area (Å²) in [5.41, 5.74) is -3.42.